The van der Waals surface area contributed by atoms with Gasteiger partial charge in [-0.15, -0.1) is 0 Å². The summed E-state index contributed by atoms with van der Waals surface area (Å²) >= 11 is 0. The topological polar surface area (TPSA) is 49.8 Å². The summed E-state index contributed by atoms with van der Waals surface area (Å²) in [6.45, 7) is 26.8. The maximum Gasteiger partial charge on any atom is 0.0835 e. The van der Waals surface area contributed by atoms with Crippen LogP contribution in [0.5, 0.6) is 0 Å². The van der Waals surface area contributed by atoms with Crippen molar-refractivity contribution >= 4 is 11.4 Å². The SMILES string of the molecule is CC(C)c1cccc(C(C)C)c1NC(C)(C)c1cnc(C(C)(C)Nc2c(C(C)C)cccc2C(C)C)cn1. The van der Waals surface area contributed by atoms with E-state index in [-0.39, 0.29) is 11.1 Å². The standard InChI is InChI=1S/C34H50N4/c1-21(2)25-15-13-16-26(22(3)4)31(25)37-33(9,10)29-19-36-30(20-35-29)34(11,12)38-32-27(23(5)6)17-14-18-28(32)24(7)8/h13-24,37-38H,1-12H3. The normalized spacial score (nSPS) is 12.6. The third-order valence-electron chi connectivity index (χ3n) is 7.55. The van der Waals surface area contributed by atoms with E-state index in [0.717, 1.165) is 11.4 Å². The number of hydrogen-bond donors (Lipinski definition) is 2. The van der Waals surface area contributed by atoms with Crippen LogP contribution in [-0.4, -0.2) is 9.97 Å². The van der Waals surface area contributed by atoms with Gasteiger partial charge in [-0.25, -0.2) is 0 Å². The number of anilines is 2. The molecule has 4 heteroatoms. The smallest absolute Gasteiger partial charge is 0.0835 e. The van der Waals surface area contributed by atoms with E-state index in [4.69, 9.17) is 9.97 Å². The molecule has 0 amide bonds. The van der Waals surface area contributed by atoms with Crippen LogP contribution in [0.15, 0.2) is 48.8 Å². The maximum absolute atomic E-state index is 4.95. The van der Waals surface area contributed by atoms with Gasteiger partial charge in [-0.3, -0.25) is 9.97 Å². The predicted octanol–water partition coefficient (Wildman–Crippen LogP) is 9.66. The lowest BCUT2D eigenvalue weighted by Crippen LogP contribution is -2.33. The van der Waals surface area contributed by atoms with Gasteiger partial charge in [0.15, 0.2) is 0 Å². The van der Waals surface area contributed by atoms with Crippen molar-refractivity contribution < 1.29 is 0 Å². The van der Waals surface area contributed by atoms with Crippen LogP contribution in [-0.2, 0) is 11.1 Å². The minimum absolute atomic E-state index is 0.382. The fourth-order valence-corrected chi connectivity index (χ4v) is 5.12. The Morgan fingerprint density at radius 1 is 0.500 bits per heavy atom. The quantitative estimate of drug-likeness (QED) is 0.283. The van der Waals surface area contributed by atoms with Crippen molar-refractivity contribution in [2.45, 2.75) is 118 Å². The van der Waals surface area contributed by atoms with Crippen LogP contribution in [0, 0.1) is 0 Å². The van der Waals surface area contributed by atoms with Crippen LogP contribution in [0.3, 0.4) is 0 Å². The summed E-state index contributed by atoms with van der Waals surface area (Å²) in [4.78, 5) is 9.91. The molecular weight excluding hydrogens is 464 g/mol. The zero-order chi connectivity index (χ0) is 28.4. The van der Waals surface area contributed by atoms with Gasteiger partial charge in [0.1, 0.15) is 0 Å². The third kappa shape index (κ3) is 6.39. The number of para-hydroxylation sites is 2. The molecule has 2 N–H and O–H groups in total. The zero-order valence-corrected chi connectivity index (χ0v) is 25.8. The molecule has 0 aliphatic carbocycles. The van der Waals surface area contributed by atoms with Crippen molar-refractivity contribution in [3.63, 3.8) is 0 Å². The maximum atomic E-state index is 4.95. The van der Waals surface area contributed by atoms with Gasteiger partial charge in [-0.1, -0.05) is 91.8 Å². The van der Waals surface area contributed by atoms with Gasteiger partial charge in [0.2, 0.25) is 0 Å². The molecule has 0 radical (unpaired) electrons. The van der Waals surface area contributed by atoms with Crippen molar-refractivity contribution in [3.05, 3.63) is 82.4 Å². The second-order valence-electron chi connectivity index (χ2n) is 13.0. The molecular formula is C34H50N4. The van der Waals surface area contributed by atoms with Gasteiger partial charge in [-0.05, 0) is 73.6 Å². The largest absolute Gasteiger partial charge is 0.374 e. The molecule has 206 valence electrons. The molecule has 0 atom stereocenters. The lowest BCUT2D eigenvalue weighted by molar-refractivity contribution is 0.553. The number of benzene rings is 2. The highest BCUT2D eigenvalue weighted by atomic mass is 15.0. The number of rotatable bonds is 10. The minimum atomic E-state index is -0.382. The summed E-state index contributed by atoms with van der Waals surface area (Å²) in [6.07, 6.45) is 3.88. The van der Waals surface area contributed by atoms with Crippen LogP contribution >= 0.6 is 0 Å². The van der Waals surface area contributed by atoms with Crippen LogP contribution < -0.4 is 10.6 Å². The molecule has 0 fully saturated rings. The lowest BCUT2D eigenvalue weighted by atomic mass is 9.90. The van der Waals surface area contributed by atoms with Gasteiger partial charge < -0.3 is 10.6 Å². The molecule has 1 aromatic heterocycles. The Labute approximate surface area is 232 Å². The molecule has 0 saturated carbocycles. The first-order chi connectivity index (χ1) is 17.7. The van der Waals surface area contributed by atoms with Gasteiger partial charge in [0, 0.05) is 11.4 Å². The number of aromatic nitrogens is 2. The summed E-state index contributed by atoms with van der Waals surface area (Å²) in [5.74, 6) is 1.71. The number of hydrogen-bond acceptors (Lipinski definition) is 4. The van der Waals surface area contributed by atoms with Crippen LogP contribution in [0.1, 0.15) is 140 Å². The Morgan fingerprint density at radius 3 is 0.974 bits per heavy atom. The first-order valence-corrected chi connectivity index (χ1v) is 14.3. The van der Waals surface area contributed by atoms with E-state index in [1.165, 1.54) is 33.6 Å². The highest BCUT2D eigenvalue weighted by molar-refractivity contribution is 5.63. The second-order valence-corrected chi connectivity index (χ2v) is 13.0. The number of nitrogens with zero attached hydrogens (tertiary/aromatic N) is 2. The Morgan fingerprint density at radius 2 is 0.763 bits per heavy atom. The summed E-state index contributed by atoms with van der Waals surface area (Å²) in [5.41, 5.74) is 8.88. The summed E-state index contributed by atoms with van der Waals surface area (Å²) in [7, 11) is 0. The highest BCUT2D eigenvalue weighted by Gasteiger charge is 2.29. The van der Waals surface area contributed by atoms with Crippen molar-refractivity contribution in [3.8, 4) is 0 Å². The van der Waals surface area contributed by atoms with Crippen LogP contribution in [0.25, 0.3) is 0 Å². The summed E-state index contributed by atoms with van der Waals surface area (Å²) < 4.78 is 0. The molecule has 0 spiro atoms. The molecule has 38 heavy (non-hydrogen) atoms. The Bertz CT molecular complexity index is 1070. The van der Waals surface area contributed by atoms with E-state index >= 15 is 0 Å². The summed E-state index contributed by atoms with van der Waals surface area (Å²) in [6, 6.07) is 13.3. The van der Waals surface area contributed by atoms with E-state index in [0.29, 0.717) is 23.7 Å². The molecule has 0 saturated heterocycles. The molecule has 1 heterocycles. The van der Waals surface area contributed by atoms with E-state index in [2.05, 4.69) is 130 Å². The van der Waals surface area contributed by atoms with Gasteiger partial charge in [0.05, 0.1) is 34.9 Å². The first kappa shape index (κ1) is 29.7. The van der Waals surface area contributed by atoms with E-state index in [1.54, 1.807) is 0 Å². The number of nitrogens with one attached hydrogen (secondary N) is 2. The molecule has 0 aliphatic rings. The summed E-state index contributed by atoms with van der Waals surface area (Å²) in [5, 5.41) is 7.71. The van der Waals surface area contributed by atoms with Crippen LogP contribution in [0.2, 0.25) is 0 Å². The molecule has 0 aliphatic heterocycles. The Balaban J connectivity index is 1.94. The molecule has 0 bridgehead atoms. The van der Waals surface area contributed by atoms with E-state index < -0.39 is 0 Å². The van der Waals surface area contributed by atoms with E-state index in [9.17, 15) is 0 Å². The van der Waals surface area contributed by atoms with E-state index in [1.807, 2.05) is 12.4 Å². The fourth-order valence-electron chi connectivity index (χ4n) is 5.12. The highest BCUT2D eigenvalue weighted by Crippen LogP contribution is 2.38. The molecule has 0 unspecified atom stereocenters. The molecule has 2 aromatic carbocycles. The van der Waals surface area contributed by atoms with Crippen molar-refractivity contribution in [1.82, 2.24) is 9.97 Å². The monoisotopic (exact) mass is 514 g/mol. The Kier molecular flexibility index (Phi) is 8.96. The van der Waals surface area contributed by atoms with Crippen molar-refractivity contribution in [1.29, 1.82) is 0 Å². The average molecular weight is 515 g/mol. The fraction of sp³-hybridized carbons (Fsp3) is 0.529. The van der Waals surface area contributed by atoms with Crippen molar-refractivity contribution in [2.75, 3.05) is 10.6 Å². The third-order valence-corrected chi connectivity index (χ3v) is 7.55. The zero-order valence-electron chi connectivity index (χ0n) is 25.8. The molecule has 3 rings (SSSR count). The van der Waals surface area contributed by atoms with Crippen LogP contribution in [0.4, 0.5) is 11.4 Å². The molecule has 4 nitrogen and oxygen atoms in total. The lowest BCUT2D eigenvalue weighted by Gasteiger charge is -2.33. The van der Waals surface area contributed by atoms with Crippen molar-refractivity contribution in [2.24, 2.45) is 0 Å². The Hall–Kier alpha value is -2.88. The average Bonchev–Trinajstić information content (AvgIpc) is 2.83. The molecule has 3 aromatic rings. The van der Waals surface area contributed by atoms with Gasteiger partial charge >= 0.3 is 0 Å². The first-order valence-electron chi connectivity index (χ1n) is 14.3. The minimum Gasteiger partial charge on any atom is -0.374 e. The predicted molar refractivity (Wildman–Crippen MR) is 165 cm³/mol. The second kappa shape index (κ2) is 11.5. The van der Waals surface area contributed by atoms with Gasteiger partial charge in [0.25, 0.3) is 0 Å². The van der Waals surface area contributed by atoms with Gasteiger partial charge in [-0.2, -0.15) is 0 Å².